The van der Waals surface area contributed by atoms with Crippen LogP contribution in [0.4, 0.5) is 0 Å². The van der Waals surface area contributed by atoms with Crippen molar-refractivity contribution in [3.63, 3.8) is 0 Å². The molecule has 4 N–H and O–H groups in total. The molecule has 2 atom stereocenters. The van der Waals surface area contributed by atoms with Crippen molar-refractivity contribution in [2.24, 2.45) is 5.73 Å². The van der Waals surface area contributed by atoms with Gasteiger partial charge >= 0.3 is 0 Å². The first-order valence-corrected chi connectivity index (χ1v) is 7.29. The largest absolute Gasteiger partial charge is 0.387 e. The highest BCUT2D eigenvalue weighted by atomic mass is 32.2. The van der Waals surface area contributed by atoms with Gasteiger partial charge in [0, 0.05) is 6.54 Å². The quantitative estimate of drug-likeness (QED) is 0.687. The third kappa shape index (κ3) is 5.08. The summed E-state index contributed by atoms with van der Waals surface area (Å²) in [4.78, 5) is 11.6. The number of carbonyl (C=O) groups excluding carboxylic acids is 1. The average molecular weight is 268 g/mol. The van der Waals surface area contributed by atoms with Crippen LogP contribution in [0.1, 0.15) is 18.1 Å². The van der Waals surface area contributed by atoms with Crippen LogP contribution >= 0.6 is 11.8 Å². The second-order valence-electron chi connectivity index (χ2n) is 4.06. The summed E-state index contributed by atoms with van der Waals surface area (Å²) in [5.74, 6) is 0.648. The lowest BCUT2D eigenvalue weighted by Gasteiger charge is -2.15. The minimum Gasteiger partial charge on any atom is -0.387 e. The molecular weight excluding hydrogens is 248 g/mol. The van der Waals surface area contributed by atoms with Gasteiger partial charge in [-0.25, -0.2) is 0 Å². The normalized spacial score (nSPS) is 13.9. The van der Waals surface area contributed by atoms with Gasteiger partial charge in [0.25, 0.3) is 0 Å². The van der Waals surface area contributed by atoms with E-state index in [1.54, 1.807) is 11.8 Å². The first-order chi connectivity index (χ1) is 8.65. The molecular formula is C13H20N2O2S. The molecule has 100 valence electrons. The van der Waals surface area contributed by atoms with Crippen molar-refractivity contribution in [1.82, 2.24) is 5.32 Å². The monoisotopic (exact) mass is 268 g/mol. The minimum absolute atomic E-state index is 0.190. The zero-order chi connectivity index (χ0) is 13.4. The molecule has 5 heteroatoms. The molecule has 0 bridgehead atoms. The Bertz CT molecular complexity index is 359. The molecule has 0 aliphatic rings. The fraction of sp³-hybridized carbons (Fsp3) is 0.462. The Hall–Kier alpha value is -1.04. The van der Waals surface area contributed by atoms with Gasteiger partial charge in [-0.05, 0) is 24.0 Å². The fourth-order valence-electron chi connectivity index (χ4n) is 1.50. The second kappa shape index (κ2) is 8.13. The summed E-state index contributed by atoms with van der Waals surface area (Å²) in [6.07, 6.45) is 1.93. The van der Waals surface area contributed by atoms with E-state index in [0.717, 1.165) is 11.3 Å². The lowest BCUT2D eigenvalue weighted by molar-refractivity contribution is -0.122. The Morgan fingerprint density at radius 3 is 2.72 bits per heavy atom. The van der Waals surface area contributed by atoms with E-state index in [9.17, 15) is 9.90 Å². The number of aliphatic hydroxyl groups excluding tert-OH is 1. The maximum Gasteiger partial charge on any atom is 0.237 e. The number of hydrogen-bond acceptors (Lipinski definition) is 4. The maximum atomic E-state index is 11.6. The van der Waals surface area contributed by atoms with Crippen LogP contribution in [0.25, 0.3) is 0 Å². The molecule has 0 saturated carbocycles. The summed E-state index contributed by atoms with van der Waals surface area (Å²) in [6, 6.07) is 8.73. The van der Waals surface area contributed by atoms with E-state index in [2.05, 4.69) is 5.32 Å². The summed E-state index contributed by atoms with van der Waals surface area (Å²) in [5.41, 5.74) is 6.51. The van der Waals surface area contributed by atoms with Crippen LogP contribution in [0.3, 0.4) is 0 Å². The number of rotatable bonds is 7. The zero-order valence-corrected chi connectivity index (χ0v) is 11.3. The first-order valence-electron chi connectivity index (χ1n) is 5.90. The van der Waals surface area contributed by atoms with Crippen molar-refractivity contribution >= 4 is 17.7 Å². The minimum atomic E-state index is -0.692. The van der Waals surface area contributed by atoms with E-state index >= 15 is 0 Å². The average Bonchev–Trinajstić information content (AvgIpc) is 2.42. The summed E-state index contributed by atoms with van der Waals surface area (Å²) in [7, 11) is 0. The lowest BCUT2D eigenvalue weighted by Crippen LogP contribution is -2.42. The van der Waals surface area contributed by atoms with Gasteiger partial charge in [0.05, 0.1) is 12.1 Å². The SMILES string of the molecule is CSCC[C@@H](N)C(=O)NCC(O)c1ccccc1. The number of thioether (sulfide) groups is 1. The molecule has 0 aliphatic carbocycles. The standard InChI is InChI=1S/C13H20N2O2S/c1-18-8-7-11(14)13(17)15-9-12(16)10-5-3-2-4-6-10/h2-6,11-12,16H,7-9,14H2,1H3,(H,15,17)/t11-,12?/m1/s1. The van der Waals surface area contributed by atoms with Crippen molar-refractivity contribution in [2.45, 2.75) is 18.6 Å². The predicted octanol–water partition coefficient (Wildman–Crippen LogP) is 0.917. The van der Waals surface area contributed by atoms with Crippen molar-refractivity contribution in [3.8, 4) is 0 Å². The number of amides is 1. The van der Waals surface area contributed by atoms with Crippen LogP contribution in [0, 0.1) is 0 Å². The molecule has 0 aromatic heterocycles. The number of nitrogens with two attached hydrogens (primary N) is 1. The Morgan fingerprint density at radius 2 is 2.11 bits per heavy atom. The lowest BCUT2D eigenvalue weighted by atomic mass is 10.1. The highest BCUT2D eigenvalue weighted by Gasteiger charge is 2.14. The molecule has 1 aromatic rings. The molecule has 0 aliphatic heterocycles. The highest BCUT2D eigenvalue weighted by molar-refractivity contribution is 7.98. The van der Waals surface area contributed by atoms with E-state index in [0.29, 0.717) is 6.42 Å². The number of carbonyl (C=O) groups is 1. The molecule has 0 radical (unpaired) electrons. The molecule has 18 heavy (non-hydrogen) atoms. The molecule has 0 heterocycles. The smallest absolute Gasteiger partial charge is 0.237 e. The second-order valence-corrected chi connectivity index (χ2v) is 5.05. The summed E-state index contributed by atoms with van der Waals surface area (Å²) >= 11 is 1.66. The van der Waals surface area contributed by atoms with Gasteiger partial charge in [-0.3, -0.25) is 4.79 Å². The number of aliphatic hydroxyl groups is 1. The van der Waals surface area contributed by atoms with Crippen molar-refractivity contribution < 1.29 is 9.90 Å². The molecule has 1 rings (SSSR count). The van der Waals surface area contributed by atoms with Gasteiger partial charge in [0.1, 0.15) is 0 Å². The van der Waals surface area contributed by atoms with E-state index in [-0.39, 0.29) is 12.5 Å². The fourth-order valence-corrected chi connectivity index (χ4v) is 1.99. The van der Waals surface area contributed by atoms with Crippen molar-refractivity contribution in [3.05, 3.63) is 35.9 Å². The number of benzene rings is 1. The van der Waals surface area contributed by atoms with Crippen LogP contribution in [0.5, 0.6) is 0 Å². The topological polar surface area (TPSA) is 75.4 Å². The highest BCUT2D eigenvalue weighted by Crippen LogP contribution is 2.10. The van der Waals surface area contributed by atoms with Crippen LogP contribution < -0.4 is 11.1 Å². The van der Waals surface area contributed by atoms with E-state index in [4.69, 9.17) is 5.73 Å². The summed E-state index contributed by atoms with van der Waals surface area (Å²) in [6.45, 7) is 0.190. The molecule has 1 amide bonds. The maximum absolute atomic E-state index is 11.6. The zero-order valence-electron chi connectivity index (χ0n) is 10.5. The van der Waals surface area contributed by atoms with Crippen LogP contribution in [-0.4, -0.2) is 35.6 Å². The summed E-state index contributed by atoms with van der Waals surface area (Å²) in [5, 5.41) is 12.5. The van der Waals surface area contributed by atoms with E-state index in [1.807, 2.05) is 36.6 Å². The molecule has 0 fully saturated rings. The summed E-state index contributed by atoms with van der Waals surface area (Å²) < 4.78 is 0. The first kappa shape index (κ1) is 15.0. The van der Waals surface area contributed by atoms with Crippen LogP contribution in [0.15, 0.2) is 30.3 Å². The number of hydrogen-bond donors (Lipinski definition) is 3. The van der Waals surface area contributed by atoms with Gasteiger partial charge in [0.15, 0.2) is 0 Å². The Kier molecular flexibility index (Phi) is 6.78. The van der Waals surface area contributed by atoms with Crippen LogP contribution in [0.2, 0.25) is 0 Å². The Balaban J connectivity index is 2.34. The third-order valence-corrected chi connectivity index (χ3v) is 3.27. The molecule has 4 nitrogen and oxygen atoms in total. The molecule has 0 saturated heterocycles. The molecule has 1 unspecified atom stereocenters. The molecule has 1 aromatic carbocycles. The van der Waals surface area contributed by atoms with Crippen molar-refractivity contribution in [1.29, 1.82) is 0 Å². The van der Waals surface area contributed by atoms with Gasteiger partial charge in [0.2, 0.25) is 5.91 Å². The van der Waals surface area contributed by atoms with Gasteiger partial charge in [-0.2, -0.15) is 11.8 Å². The van der Waals surface area contributed by atoms with E-state index < -0.39 is 12.1 Å². The van der Waals surface area contributed by atoms with Crippen molar-refractivity contribution in [2.75, 3.05) is 18.6 Å². The van der Waals surface area contributed by atoms with E-state index in [1.165, 1.54) is 0 Å². The Labute approximate surface area is 112 Å². The van der Waals surface area contributed by atoms with Gasteiger partial charge in [-0.15, -0.1) is 0 Å². The third-order valence-electron chi connectivity index (χ3n) is 2.62. The van der Waals surface area contributed by atoms with Gasteiger partial charge < -0.3 is 16.2 Å². The van der Waals surface area contributed by atoms with Gasteiger partial charge in [-0.1, -0.05) is 30.3 Å². The molecule has 0 spiro atoms. The van der Waals surface area contributed by atoms with Crippen LogP contribution in [-0.2, 0) is 4.79 Å². The predicted molar refractivity (Wildman–Crippen MR) is 75.4 cm³/mol. The number of nitrogens with one attached hydrogen (secondary N) is 1. The Morgan fingerprint density at radius 1 is 1.44 bits per heavy atom.